The van der Waals surface area contributed by atoms with Gasteiger partial charge in [0, 0.05) is 33.0 Å². The predicted molar refractivity (Wildman–Crippen MR) is 280 cm³/mol. The van der Waals surface area contributed by atoms with E-state index in [0.717, 1.165) is 72.6 Å². The Labute approximate surface area is 390 Å². The quantitative estimate of drug-likeness (QED) is 0.154. The molecule has 316 valence electrons. The number of aliphatic imine (C=N–C) groups is 2. The molecule has 0 saturated heterocycles. The van der Waals surface area contributed by atoms with Gasteiger partial charge in [-0.25, -0.2) is 9.98 Å². The minimum atomic E-state index is -0.345. The maximum Gasteiger partial charge on any atom is 0.159 e. The third-order valence-electron chi connectivity index (χ3n) is 12.9. The van der Waals surface area contributed by atoms with Crippen LogP contribution in [0.5, 0.6) is 0 Å². The van der Waals surface area contributed by atoms with E-state index in [1.807, 2.05) is 24.3 Å². The van der Waals surface area contributed by atoms with Crippen LogP contribution in [0.25, 0.3) is 83.1 Å². The number of benzene rings is 10. The number of nitrogens with one attached hydrogen (secondary N) is 1. The van der Waals surface area contributed by atoms with Crippen molar-refractivity contribution in [1.29, 1.82) is 0 Å². The molecule has 0 saturated carbocycles. The summed E-state index contributed by atoms with van der Waals surface area (Å²) in [6.07, 6.45) is -0.345. The molecule has 11 aromatic rings. The lowest BCUT2D eigenvalue weighted by Crippen LogP contribution is -2.33. The van der Waals surface area contributed by atoms with Gasteiger partial charge in [-0.05, 0) is 80.4 Å². The molecule has 0 fully saturated rings. The molecule has 1 aliphatic rings. The van der Waals surface area contributed by atoms with Crippen molar-refractivity contribution in [1.82, 2.24) is 9.88 Å². The second-order valence-electron chi connectivity index (χ2n) is 17.0. The number of rotatable bonds is 9. The van der Waals surface area contributed by atoms with Gasteiger partial charge < -0.3 is 9.88 Å². The molecule has 4 heteroatoms. The lowest BCUT2D eigenvalue weighted by atomic mass is 9.90. The van der Waals surface area contributed by atoms with Gasteiger partial charge in [-0.15, -0.1) is 0 Å². The van der Waals surface area contributed by atoms with Crippen molar-refractivity contribution in [3.05, 3.63) is 271 Å². The highest BCUT2D eigenvalue weighted by Crippen LogP contribution is 2.44. The van der Waals surface area contributed by atoms with Crippen molar-refractivity contribution in [2.45, 2.75) is 6.17 Å². The van der Waals surface area contributed by atoms with E-state index < -0.39 is 0 Å². The van der Waals surface area contributed by atoms with Gasteiger partial charge in [0.15, 0.2) is 5.84 Å². The predicted octanol–water partition coefficient (Wildman–Crippen LogP) is 15.6. The molecule has 2 heterocycles. The van der Waals surface area contributed by atoms with Crippen molar-refractivity contribution in [3.63, 3.8) is 0 Å². The van der Waals surface area contributed by atoms with Crippen molar-refractivity contribution < 1.29 is 0 Å². The number of para-hydroxylation sites is 1. The molecule has 1 unspecified atom stereocenters. The molecular weight excluding hydrogens is 813 g/mol. The first-order valence-corrected chi connectivity index (χ1v) is 22.8. The molecule has 4 nitrogen and oxygen atoms in total. The zero-order valence-electron chi connectivity index (χ0n) is 36.7. The maximum absolute atomic E-state index is 5.35. The summed E-state index contributed by atoms with van der Waals surface area (Å²) in [5, 5.41) is 6.19. The fourth-order valence-corrected chi connectivity index (χ4v) is 9.54. The molecule has 0 bridgehead atoms. The van der Waals surface area contributed by atoms with Gasteiger partial charge in [0.2, 0.25) is 0 Å². The van der Waals surface area contributed by atoms with Crippen LogP contribution in [0.15, 0.2) is 265 Å². The molecule has 0 spiro atoms. The number of nitrogens with zero attached hydrogens (tertiary/aromatic N) is 3. The van der Waals surface area contributed by atoms with Crippen molar-refractivity contribution in [3.8, 4) is 61.3 Å². The third kappa shape index (κ3) is 7.61. The van der Waals surface area contributed by atoms with Crippen molar-refractivity contribution in [2.24, 2.45) is 9.98 Å². The average molecular weight is 857 g/mol. The monoisotopic (exact) mass is 856 g/mol. The van der Waals surface area contributed by atoms with E-state index >= 15 is 0 Å². The second kappa shape index (κ2) is 17.3. The summed E-state index contributed by atoms with van der Waals surface area (Å²) in [4.78, 5) is 10.6. The van der Waals surface area contributed by atoms with E-state index in [1.165, 1.54) is 33.0 Å². The summed E-state index contributed by atoms with van der Waals surface area (Å²) in [7, 11) is 0. The van der Waals surface area contributed by atoms with Crippen LogP contribution in [0.1, 0.15) is 22.9 Å². The van der Waals surface area contributed by atoms with Crippen LogP contribution in [0.2, 0.25) is 0 Å². The fraction of sp³-hybridized carbons (Fsp3) is 0.0159. The average Bonchev–Trinajstić information content (AvgIpc) is 3.75. The molecule has 67 heavy (non-hydrogen) atoms. The Morgan fingerprint density at radius 2 is 0.746 bits per heavy atom. The number of hydrogen-bond donors (Lipinski definition) is 1. The molecule has 1 aliphatic heterocycles. The number of aromatic nitrogens is 1. The molecule has 0 amide bonds. The summed E-state index contributed by atoms with van der Waals surface area (Å²) in [5.74, 6) is 1.44. The smallest absolute Gasteiger partial charge is 0.159 e. The minimum absolute atomic E-state index is 0.345. The number of hydrogen-bond acceptors (Lipinski definition) is 3. The first kappa shape index (κ1) is 39.7. The lowest BCUT2D eigenvalue weighted by Gasteiger charge is -2.26. The first-order chi connectivity index (χ1) is 33.2. The van der Waals surface area contributed by atoms with E-state index in [1.54, 1.807) is 0 Å². The summed E-state index contributed by atoms with van der Waals surface area (Å²) in [5.41, 5.74) is 17.8. The standard InChI is InChI=1S/C63H44N4/c1-6-18-43(19-7-1)46-30-34-48(35-31-46)55-41-53(63-65-61(50-24-12-4-13-25-50)64-62(66-63)51-26-14-5-15-27-51)42-56(49-36-32-47(33-37-49)44-20-8-2-9-21-44)60(55)67-58-29-17-16-28-54(58)57-40-52(38-39-59(57)67)45-22-10-3-11-23-45/h1-42,61H,(H,64,65,66). The minimum Gasteiger partial charge on any atom is -0.344 e. The van der Waals surface area contributed by atoms with Gasteiger partial charge in [-0.1, -0.05) is 224 Å². The molecule has 10 aromatic carbocycles. The SMILES string of the molecule is c1ccc(C2=NC(c3ccccc3)NC(c3cc(-c4ccc(-c5ccccc5)cc4)c(-n4c5ccccc5c5cc(-c6ccccc6)ccc54)c(-c4ccc(-c5ccccc5)cc4)c3)=N2)cc1. The molecule has 0 aliphatic carbocycles. The Morgan fingerprint density at radius 3 is 1.30 bits per heavy atom. The molecule has 1 N–H and O–H groups in total. The van der Waals surface area contributed by atoms with E-state index in [0.29, 0.717) is 5.84 Å². The zero-order valence-corrected chi connectivity index (χ0v) is 36.7. The van der Waals surface area contributed by atoms with Gasteiger partial charge in [0.25, 0.3) is 0 Å². The fourth-order valence-electron chi connectivity index (χ4n) is 9.54. The van der Waals surface area contributed by atoms with Crippen LogP contribution in [0, 0.1) is 0 Å². The molecule has 12 rings (SSSR count). The summed E-state index contributed by atoms with van der Waals surface area (Å²) < 4.78 is 2.49. The Bertz CT molecular complexity index is 3490. The van der Waals surface area contributed by atoms with Crippen molar-refractivity contribution >= 4 is 33.5 Å². The molecule has 1 atom stereocenters. The second-order valence-corrected chi connectivity index (χ2v) is 17.0. The highest BCUT2D eigenvalue weighted by Gasteiger charge is 2.26. The highest BCUT2D eigenvalue weighted by molar-refractivity contribution is 6.15. The van der Waals surface area contributed by atoms with Crippen molar-refractivity contribution in [2.75, 3.05) is 0 Å². The topological polar surface area (TPSA) is 41.7 Å². The summed E-state index contributed by atoms with van der Waals surface area (Å²) in [6.45, 7) is 0. The molecule has 1 aromatic heterocycles. The summed E-state index contributed by atoms with van der Waals surface area (Å²) >= 11 is 0. The Morgan fingerprint density at radius 1 is 0.328 bits per heavy atom. The van der Waals surface area contributed by atoms with Crippen LogP contribution in [-0.4, -0.2) is 16.2 Å². The highest BCUT2D eigenvalue weighted by atomic mass is 15.2. The van der Waals surface area contributed by atoms with Crippen LogP contribution < -0.4 is 5.32 Å². The van der Waals surface area contributed by atoms with Gasteiger partial charge >= 0.3 is 0 Å². The molecular formula is C63H44N4. The van der Waals surface area contributed by atoms with Crippen LogP contribution in [0.3, 0.4) is 0 Å². The van der Waals surface area contributed by atoms with Crippen LogP contribution in [0.4, 0.5) is 0 Å². The Kier molecular flexibility index (Phi) is 10.2. The largest absolute Gasteiger partial charge is 0.344 e. The van der Waals surface area contributed by atoms with Gasteiger partial charge in [0.05, 0.1) is 16.7 Å². The normalized spacial score (nSPS) is 13.5. The van der Waals surface area contributed by atoms with Crippen LogP contribution >= 0.6 is 0 Å². The summed E-state index contributed by atoms with van der Waals surface area (Å²) in [6, 6.07) is 91.1. The third-order valence-corrected chi connectivity index (χ3v) is 12.9. The van der Waals surface area contributed by atoms with Gasteiger partial charge in [-0.3, -0.25) is 0 Å². The Hall–Kier alpha value is -8.86. The maximum atomic E-state index is 5.35. The van der Waals surface area contributed by atoms with E-state index in [-0.39, 0.29) is 6.17 Å². The zero-order chi connectivity index (χ0) is 44.5. The number of amidine groups is 2. The molecule has 0 radical (unpaired) electrons. The first-order valence-electron chi connectivity index (χ1n) is 22.8. The van der Waals surface area contributed by atoms with E-state index in [9.17, 15) is 0 Å². The van der Waals surface area contributed by atoms with E-state index in [2.05, 4.69) is 240 Å². The number of fused-ring (bicyclic) bond motifs is 3. The Balaban J connectivity index is 1.15. The lowest BCUT2D eigenvalue weighted by molar-refractivity contribution is 0.674. The van der Waals surface area contributed by atoms with Crippen LogP contribution in [-0.2, 0) is 0 Å². The van der Waals surface area contributed by atoms with E-state index in [4.69, 9.17) is 9.98 Å². The van der Waals surface area contributed by atoms with Gasteiger partial charge in [0.1, 0.15) is 12.0 Å². The van der Waals surface area contributed by atoms with Gasteiger partial charge in [-0.2, -0.15) is 0 Å².